The SMILES string of the molecule is Cc1ccc2c(c1)N(CC(=O)NC1CC[NH+](Cc3ccccc3)CC1)C(=O)CO2. The Morgan fingerprint density at radius 3 is 2.69 bits per heavy atom. The van der Waals surface area contributed by atoms with E-state index in [-0.39, 0.29) is 31.0 Å². The van der Waals surface area contributed by atoms with E-state index in [1.165, 1.54) is 10.5 Å². The van der Waals surface area contributed by atoms with E-state index < -0.39 is 0 Å². The number of nitrogens with zero attached hydrogens (tertiary/aromatic N) is 1. The van der Waals surface area contributed by atoms with Crippen LogP contribution in [0.25, 0.3) is 0 Å². The molecule has 4 rings (SSSR count). The number of aryl methyl sites for hydroxylation is 1. The number of anilines is 1. The molecule has 2 amide bonds. The third kappa shape index (κ3) is 4.77. The molecule has 2 aromatic rings. The summed E-state index contributed by atoms with van der Waals surface area (Å²) in [6.45, 7) is 5.08. The first-order chi connectivity index (χ1) is 14.1. The van der Waals surface area contributed by atoms with Crippen LogP contribution in [0.1, 0.15) is 24.0 Å². The maximum absolute atomic E-state index is 12.6. The van der Waals surface area contributed by atoms with Gasteiger partial charge in [0.1, 0.15) is 18.8 Å². The van der Waals surface area contributed by atoms with Gasteiger partial charge in [-0.3, -0.25) is 14.5 Å². The quantitative estimate of drug-likeness (QED) is 0.798. The minimum absolute atomic E-state index is 0.0232. The highest BCUT2D eigenvalue weighted by atomic mass is 16.5. The van der Waals surface area contributed by atoms with Crippen molar-refractivity contribution in [1.82, 2.24) is 5.32 Å². The van der Waals surface area contributed by atoms with Crippen LogP contribution in [0.5, 0.6) is 5.75 Å². The molecule has 2 aliphatic heterocycles. The van der Waals surface area contributed by atoms with Crippen molar-refractivity contribution in [1.29, 1.82) is 0 Å². The Bertz CT molecular complexity index is 876. The first kappa shape index (κ1) is 19.5. The molecule has 0 aliphatic carbocycles. The standard InChI is InChI=1S/C23H27N3O3/c1-17-7-8-21-20(13-17)26(23(28)16-29-21)15-22(27)24-19-9-11-25(12-10-19)14-18-5-3-2-4-6-18/h2-8,13,19H,9-12,14-16H2,1H3,(H,24,27)/p+1. The molecule has 152 valence electrons. The molecule has 1 saturated heterocycles. The van der Waals surface area contributed by atoms with Gasteiger partial charge in [0.2, 0.25) is 5.91 Å². The third-order valence-corrected chi connectivity index (χ3v) is 5.71. The predicted octanol–water partition coefficient (Wildman–Crippen LogP) is 1.08. The lowest BCUT2D eigenvalue weighted by molar-refractivity contribution is -0.918. The summed E-state index contributed by atoms with van der Waals surface area (Å²) in [6, 6.07) is 16.4. The lowest BCUT2D eigenvalue weighted by Crippen LogP contribution is -3.12. The number of likely N-dealkylation sites (tertiary alicyclic amines) is 1. The van der Waals surface area contributed by atoms with Crippen LogP contribution < -0.4 is 19.9 Å². The molecule has 0 saturated carbocycles. The van der Waals surface area contributed by atoms with Crippen LogP contribution in [-0.2, 0) is 16.1 Å². The van der Waals surface area contributed by atoms with Gasteiger partial charge in [-0.25, -0.2) is 0 Å². The van der Waals surface area contributed by atoms with Crippen LogP contribution in [0.4, 0.5) is 5.69 Å². The Morgan fingerprint density at radius 1 is 1.17 bits per heavy atom. The topological polar surface area (TPSA) is 63.1 Å². The smallest absolute Gasteiger partial charge is 0.265 e. The van der Waals surface area contributed by atoms with Crippen molar-refractivity contribution < 1.29 is 19.2 Å². The van der Waals surface area contributed by atoms with E-state index in [9.17, 15) is 9.59 Å². The average Bonchev–Trinajstić information content (AvgIpc) is 2.72. The summed E-state index contributed by atoms with van der Waals surface area (Å²) in [5.41, 5.74) is 3.06. The fourth-order valence-electron chi connectivity index (χ4n) is 4.13. The number of nitrogens with one attached hydrogen (secondary N) is 2. The number of ether oxygens (including phenoxy) is 1. The number of carbonyl (C=O) groups is 2. The van der Waals surface area contributed by atoms with Crippen LogP contribution in [-0.4, -0.2) is 44.1 Å². The average molecular weight is 394 g/mol. The van der Waals surface area contributed by atoms with Gasteiger partial charge in [-0.1, -0.05) is 36.4 Å². The summed E-state index contributed by atoms with van der Waals surface area (Å²) in [4.78, 5) is 28.1. The lowest BCUT2D eigenvalue weighted by atomic mass is 10.0. The molecule has 0 radical (unpaired) electrons. The van der Waals surface area contributed by atoms with Crippen LogP contribution in [0, 0.1) is 6.92 Å². The minimum Gasteiger partial charge on any atom is -0.482 e. The summed E-state index contributed by atoms with van der Waals surface area (Å²) < 4.78 is 5.49. The van der Waals surface area contributed by atoms with Crippen LogP contribution in [0.15, 0.2) is 48.5 Å². The van der Waals surface area contributed by atoms with Crippen molar-refractivity contribution in [2.75, 3.05) is 31.1 Å². The highest BCUT2D eigenvalue weighted by Crippen LogP contribution is 2.32. The molecule has 6 nitrogen and oxygen atoms in total. The fourth-order valence-corrected chi connectivity index (χ4v) is 4.13. The lowest BCUT2D eigenvalue weighted by Gasteiger charge is -2.32. The molecular formula is C23H28N3O3+. The zero-order valence-electron chi connectivity index (χ0n) is 16.8. The summed E-state index contributed by atoms with van der Waals surface area (Å²) in [7, 11) is 0. The normalized spacial score (nSPS) is 21.3. The van der Waals surface area contributed by atoms with Gasteiger partial charge >= 0.3 is 0 Å². The van der Waals surface area contributed by atoms with Gasteiger partial charge in [0, 0.05) is 24.4 Å². The summed E-state index contributed by atoms with van der Waals surface area (Å²) in [5.74, 6) is 0.366. The third-order valence-electron chi connectivity index (χ3n) is 5.71. The van der Waals surface area contributed by atoms with Crippen LogP contribution >= 0.6 is 0 Å². The summed E-state index contributed by atoms with van der Waals surface area (Å²) in [6.07, 6.45) is 1.92. The van der Waals surface area contributed by atoms with Crippen molar-refractivity contribution in [2.24, 2.45) is 0 Å². The van der Waals surface area contributed by atoms with E-state index in [2.05, 4.69) is 29.6 Å². The van der Waals surface area contributed by atoms with E-state index in [0.717, 1.165) is 38.0 Å². The van der Waals surface area contributed by atoms with Crippen molar-refractivity contribution >= 4 is 17.5 Å². The largest absolute Gasteiger partial charge is 0.482 e. The molecule has 2 heterocycles. The van der Waals surface area contributed by atoms with E-state index in [1.54, 1.807) is 4.90 Å². The summed E-state index contributed by atoms with van der Waals surface area (Å²) in [5, 5.41) is 3.13. The van der Waals surface area contributed by atoms with Gasteiger partial charge in [0.15, 0.2) is 6.61 Å². The van der Waals surface area contributed by atoms with E-state index >= 15 is 0 Å². The Hall–Kier alpha value is -2.86. The number of piperidine rings is 1. The second-order valence-corrected chi connectivity index (χ2v) is 7.99. The van der Waals surface area contributed by atoms with Gasteiger partial charge in [0.05, 0.1) is 18.8 Å². The van der Waals surface area contributed by atoms with Gasteiger partial charge in [-0.2, -0.15) is 0 Å². The van der Waals surface area contributed by atoms with Crippen molar-refractivity contribution in [3.8, 4) is 5.75 Å². The van der Waals surface area contributed by atoms with Gasteiger partial charge in [-0.05, 0) is 24.6 Å². The Morgan fingerprint density at radius 2 is 1.93 bits per heavy atom. The molecule has 1 fully saturated rings. The molecule has 2 N–H and O–H groups in total. The first-order valence-corrected chi connectivity index (χ1v) is 10.3. The second kappa shape index (κ2) is 8.66. The second-order valence-electron chi connectivity index (χ2n) is 7.99. The van der Waals surface area contributed by atoms with Crippen LogP contribution in [0.2, 0.25) is 0 Å². The molecule has 6 heteroatoms. The molecule has 2 aromatic carbocycles. The molecule has 2 aliphatic rings. The number of amides is 2. The number of hydrogen-bond acceptors (Lipinski definition) is 3. The Kier molecular flexibility index (Phi) is 5.81. The fraction of sp³-hybridized carbons (Fsp3) is 0.391. The Balaban J connectivity index is 1.30. The maximum atomic E-state index is 12.6. The number of quaternary nitrogens is 1. The molecular weight excluding hydrogens is 366 g/mol. The first-order valence-electron chi connectivity index (χ1n) is 10.3. The monoisotopic (exact) mass is 394 g/mol. The Labute approximate surface area is 171 Å². The molecule has 0 spiro atoms. The number of fused-ring (bicyclic) bond motifs is 1. The molecule has 0 bridgehead atoms. The van der Waals surface area contributed by atoms with E-state index in [4.69, 9.17) is 4.74 Å². The van der Waals surface area contributed by atoms with Gasteiger partial charge < -0.3 is 15.0 Å². The zero-order chi connectivity index (χ0) is 20.2. The van der Waals surface area contributed by atoms with Gasteiger partial charge in [0.25, 0.3) is 5.91 Å². The zero-order valence-corrected chi connectivity index (χ0v) is 16.8. The predicted molar refractivity (Wildman–Crippen MR) is 111 cm³/mol. The molecule has 0 unspecified atom stereocenters. The van der Waals surface area contributed by atoms with Crippen LogP contribution in [0.3, 0.4) is 0 Å². The minimum atomic E-state index is -0.180. The molecule has 0 atom stereocenters. The van der Waals surface area contributed by atoms with Crippen molar-refractivity contribution in [3.05, 3.63) is 59.7 Å². The summed E-state index contributed by atoms with van der Waals surface area (Å²) >= 11 is 0. The highest BCUT2D eigenvalue weighted by molar-refractivity contribution is 6.02. The number of hydrogen-bond donors (Lipinski definition) is 2. The number of carbonyl (C=O) groups excluding carboxylic acids is 2. The maximum Gasteiger partial charge on any atom is 0.265 e. The van der Waals surface area contributed by atoms with Gasteiger partial charge in [-0.15, -0.1) is 0 Å². The van der Waals surface area contributed by atoms with E-state index in [0.29, 0.717) is 11.4 Å². The highest BCUT2D eigenvalue weighted by Gasteiger charge is 2.29. The number of benzene rings is 2. The van der Waals surface area contributed by atoms with E-state index in [1.807, 2.05) is 31.2 Å². The number of rotatable bonds is 5. The van der Waals surface area contributed by atoms with Crippen molar-refractivity contribution in [2.45, 2.75) is 32.4 Å². The molecule has 0 aromatic heterocycles. The molecule has 29 heavy (non-hydrogen) atoms. The van der Waals surface area contributed by atoms with Crippen molar-refractivity contribution in [3.63, 3.8) is 0 Å².